The summed E-state index contributed by atoms with van der Waals surface area (Å²) in [4.78, 5) is 9.05. The molecule has 1 aliphatic rings. The Hall–Kier alpha value is -3.31. The lowest BCUT2D eigenvalue weighted by molar-refractivity contribution is 0.249. The molecule has 5 rings (SSSR count). The Morgan fingerprint density at radius 2 is 1.70 bits per heavy atom. The summed E-state index contributed by atoms with van der Waals surface area (Å²) in [6.45, 7) is 5.08. The van der Waals surface area contributed by atoms with Gasteiger partial charge in [-0.25, -0.2) is 0 Å². The lowest BCUT2D eigenvalue weighted by Crippen LogP contribution is -2.45. The van der Waals surface area contributed by atoms with Gasteiger partial charge in [0.1, 0.15) is 5.76 Å². The highest BCUT2D eigenvalue weighted by atomic mass is 16.5. The van der Waals surface area contributed by atoms with E-state index in [2.05, 4.69) is 63.3 Å². The number of hydrogen-bond donors (Lipinski definition) is 0. The van der Waals surface area contributed by atoms with Crippen LogP contribution in [0.3, 0.4) is 0 Å². The molecule has 2 aromatic carbocycles. The Bertz CT molecular complexity index is 1120. The van der Waals surface area contributed by atoms with E-state index in [9.17, 15) is 0 Å². The number of furan rings is 1. The third-order valence-corrected chi connectivity index (χ3v) is 5.73. The van der Waals surface area contributed by atoms with E-state index in [0.29, 0.717) is 0 Å². The lowest BCUT2D eigenvalue weighted by Gasteiger charge is -2.36. The Kier molecular flexibility index (Phi) is 5.11. The van der Waals surface area contributed by atoms with Crippen LogP contribution < -0.4 is 9.64 Å². The van der Waals surface area contributed by atoms with Crippen molar-refractivity contribution in [3.8, 4) is 17.1 Å². The number of benzene rings is 2. The highest BCUT2D eigenvalue weighted by Gasteiger charge is 2.19. The number of aromatic nitrogens is 1. The molecule has 2 aromatic heterocycles. The van der Waals surface area contributed by atoms with Crippen LogP contribution in [-0.2, 0) is 6.54 Å². The van der Waals surface area contributed by atoms with E-state index in [-0.39, 0.29) is 0 Å². The topological polar surface area (TPSA) is 41.7 Å². The van der Waals surface area contributed by atoms with Crippen LogP contribution in [0, 0.1) is 0 Å². The summed E-state index contributed by atoms with van der Waals surface area (Å²) in [5, 5.41) is 1.07. The molecular formula is C25H25N3O2. The van der Waals surface area contributed by atoms with Gasteiger partial charge in [0.2, 0.25) is 0 Å². The number of anilines is 1. The first kappa shape index (κ1) is 18.7. The minimum absolute atomic E-state index is 0.783. The number of piperazine rings is 1. The molecule has 1 fully saturated rings. The lowest BCUT2D eigenvalue weighted by atomic mass is 10.1. The van der Waals surface area contributed by atoms with Gasteiger partial charge in [0.25, 0.3) is 0 Å². The van der Waals surface area contributed by atoms with Gasteiger partial charge in [-0.2, -0.15) is 0 Å². The predicted octanol–water partition coefficient (Wildman–Crippen LogP) is 4.83. The molecular weight excluding hydrogens is 374 g/mol. The Labute approximate surface area is 176 Å². The Morgan fingerprint density at radius 3 is 2.43 bits per heavy atom. The summed E-state index contributed by atoms with van der Waals surface area (Å²) >= 11 is 0. The van der Waals surface area contributed by atoms with E-state index in [0.717, 1.165) is 60.8 Å². The van der Waals surface area contributed by atoms with Gasteiger partial charge in [0.05, 0.1) is 7.11 Å². The molecule has 30 heavy (non-hydrogen) atoms. The van der Waals surface area contributed by atoms with Gasteiger partial charge in [-0.1, -0.05) is 18.2 Å². The first-order chi connectivity index (χ1) is 14.8. The summed E-state index contributed by atoms with van der Waals surface area (Å²) in [5.41, 5.74) is 4.36. The smallest absolute Gasteiger partial charge is 0.176 e. The van der Waals surface area contributed by atoms with Crippen LogP contribution in [0.4, 0.5) is 5.69 Å². The van der Waals surface area contributed by atoms with Crippen molar-refractivity contribution in [2.24, 2.45) is 0 Å². The van der Waals surface area contributed by atoms with Crippen molar-refractivity contribution >= 4 is 16.7 Å². The second-order valence-corrected chi connectivity index (χ2v) is 7.66. The zero-order valence-electron chi connectivity index (χ0n) is 17.1. The summed E-state index contributed by atoms with van der Waals surface area (Å²) in [6, 6.07) is 21.0. The number of fused-ring (bicyclic) bond motifs is 1. The van der Waals surface area contributed by atoms with Crippen LogP contribution in [0.1, 0.15) is 5.56 Å². The normalized spacial score (nSPS) is 14.9. The molecule has 0 N–H and O–H groups in total. The fourth-order valence-corrected chi connectivity index (χ4v) is 4.14. The monoisotopic (exact) mass is 399 g/mol. The molecule has 0 spiro atoms. The fourth-order valence-electron chi connectivity index (χ4n) is 4.14. The van der Waals surface area contributed by atoms with Gasteiger partial charge in [-0.05, 0) is 48.0 Å². The van der Waals surface area contributed by atoms with Gasteiger partial charge in [0, 0.05) is 61.8 Å². The molecule has 0 radical (unpaired) electrons. The Balaban J connectivity index is 1.34. The van der Waals surface area contributed by atoms with Crippen molar-refractivity contribution in [2.75, 3.05) is 38.2 Å². The fraction of sp³-hybridized carbons (Fsp3) is 0.240. The molecule has 0 saturated carbocycles. The number of nitrogens with zero attached hydrogens (tertiary/aromatic N) is 3. The molecule has 5 nitrogen and oxygen atoms in total. The third-order valence-electron chi connectivity index (χ3n) is 5.73. The maximum atomic E-state index is 6.11. The summed E-state index contributed by atoms with van der Waals surface area (Å²) < 4.78 is 11.8. The predicted molar refractivity (Wildman–Crippen MR) is 120 cm³/mol. The summed E-state index contributed by atoms with van der Waals surface area (Å²) in [5.74, 6) is 1.62. The second-order valence-electron chi connectivity index (χ2n) is 7.66. The highest BCUT2D eigenvalue weighted by molar-refractivity contribution is 5.88. The maximum Gasteiger partial charge on any atom is 0.176 e. The van der Waals surface area contributed by atoms with E-state index >= 15 is 0 Å². The largest absolute Gasteiger partial charge is 0.493 e. The van der Waals surface area contributed by atoms with Crippen LogP contribution in [0.15, 0.2) is 77.5 Å². The van der Waals surface area contributed by atoms with E-state index in [1.54, 1.807) is 19.5 Å². The molecule has 0 amide bonds. The number of pyridine rings is 1. The molecule has 4 aromatic rings. The molecule has 152 valence electrons. The van der Waals surface area contributed by atoms with E-state index in [1.807, 2.05) is 12.1 Å². The second kappa shape index (κ2) is 8.20. The zero-order valence-corrected chi connectivity index (χ0v) is 17.1. The molecule has 1 aliphatic heterocycles. The van der Waals surface area contributed by atoms with Crippen molar-refractivity contribution < 1.29 is 9.15 Å². The van der Waals surface area contributed by atoms with E-state index in [4.69, 9.17) is 9.15 Å². The van der Waals surface area contributed by atoms with Crippen LogP contribution in [0.25, 0.3) is 22.3 Å². The summed E-state index contributed by atoms with van der Waals surface area (Å²) in [7, 11) is 1.70. The van der Waals surface area contributed by atoms with Gasteiger partial charge in [-0.15, -0.1) is 0 Å². The van der Waals surface area contributed by atoms with Crippen molar-refractivity contribution in [3.63, 3.8) is 0 Å². The van der Waals surface area contributed by atoms with Crippen molar-refractivity contribution in [1.29, 1.82) is 0 Å². The maximum absolute atomic E-state index is 6.11. The number of rotatable bonds is 5. The Morgan fingerprint density at radius 1 is 0.933 bits per heavy atom. The molecule has 3 heterocycles. The van der Waals surface area contributed by atoms with E-state index in [1.165, 1.54) is 11.3 Å². The minimum Gasteiger partial charge on any atom is -0.493 e. The average molecular weight is 399 g/mol. The van der Waals surface area contributed by atoms with E-state index < -0.39 is 0 Å². The van der Waals surface area contributed by atoms with Gasteiger partial charge in [-0.3, -0.25) is 9.88 Å². The first-order valence-electron chi connectivity index (χ1n) is 10.3. The highest BCUT2D eigenvalue weighted by Crippen LogP contribution is 2.35. The zero-order chi connectivity index (χ0) is 20.3. The quantitative estimate of drug-likeness (QED) is 0.481. The van der Waals surface area contributed by atoms with Crippen LogP contribution in [-0.4, -0.2) is 43.2 Å². The number of ether oxygens (including phenoxy) is 1. The van der Waals surface area contributed by atoms with Crippen LogP contribution in [0.2, 0.25) is 0 Å². The number of para-hydroxylation sites is 1. The molecule has 0 unspecified atom stereocenters. The molecule has 1 saturated heterocycles. The standard InChI is InChI=1S/C25H25N3O2/c1-29-24-16-19(15-21-17-23(30-25(21)24)20-7-9-26-10-8-20)18-27-11-13-28(14-12-27)22-5-3-2-4-6-22/h2-10,15-17H,11-14,18H2,1H3. The number of methoxy groups -OCH3 is 1. The number of hydrogen-bond acceptors (Lipinski definition) is 5. The SMILES string of the molecule is COc1cc(CN2CCN(c3ccccc3)CC2)cc2cc(-c3ccncc3)oc12. The van der Waals surface area contributed by atoms with Gasteiger partial charge in [0.15, 0.2) is 11.3 Å². The van der Waals surface area contributed by atoms with Crippen molar-refractivity contribution in [1.82, 2.24) is 9.88 Å². The average Bonchev–Trinajstić information content (AvgIpc) is 3.24. The minimum atomic E-state index is 0.783. The van der Waals surface area contributed by atoms with Crippen LogP contribution in [0.5, 0.6) is 5.75 Å². The van der Waals surface area contributed by atoms with Crippen molar-refractivity contribution in [3.05, 3.63) is 78.6 Å². The molecule has 0 atom stereocenters. The molecule has 0 bridgehead atoms. The van der Waals surface area contributed by atoms with Gasteiger partial charge < -0.3 is 14.1 Å². The third kappa shape index (κ3) is 3.76. The van der Waals surface area contributed by atoms with Crippen molar-refractivity contribution in [2.45, 2.75) is 6.54 Å². The van der Waals surface area contributed by atoms with Crippen LogP contribution >= 0.6 is 0 Å². The molecule has 0 aliphatic carbocycles. The first-order valence-corrected chi connectivity index (χ1v) is 10.3. The van der Waals surface area contributed by atoms with Gasteiger partial charge >= 0.3 is 0 Å². The summed E-state index contributed by atoms with van der Waals surface area (Å²) in [6.07, 6.45) is 3.56. The molecule has 5 heteroatoms.